The van der Waals surface area contributed by atoms with Crippen LogP contribution in [0.2, 0.25) is 0 Å². The Bertz CT molecular complexity index is 669. The Morgan fingerprint density at radius 1 is 1.29 bits per heavy atom. The molecule has 0 aliphatic carbocycles. The summed E-state index contributed by atoms with van der Waals surface area (Å²) in [4.78, 5) is 26.4. The number of pyridine rings is 1. The van der Waals surface area contributed by atoms with Crippen molar-refractivity contribution in [3.05, 3.63) is 58.1 Å². The van der Waals surface area contributed by atoms with E-state index in [1.807, 2.05) is 0 Å². The largest absolute Gasteiger partial charge is 0.481 e. The molecule has 21 heavy (non-hydrogen) atoms. The average molecular weight is 353 g/mol. The number of anilines is 1. The van der Waals surface area contributed by atoms with Crippen LogP contribution in [0.1, 0.15) is 16.1 Å². The van der Waals surface area contributed by atoms with E-state index in [0.717, 1.165) is 6.07 Å². The van der Waals surface area contributed by atoms with Gasteiger partial charge in [-0.2, -0.15) is 0 Å². The molecule has 1 aromatic carbocycles. The van der Waals surface area contributed by atoms with Crippen LogP contribution in [0.25, 0.3) is 0 Å². The van der Waals surface area contributed by atoms with Gasteiger partial charge in [0.2, 0.25) is 0 Å². The predicted molar refractivity (Wildman–Crippen MR) is 77.6 cm³/mol. The Morgan fingerprint density at radius 3 is 2.62 bits per heavy atom. The minimum atomic E-state index is -0.983. The number of nitrogens with zero attached hydrogens (tertiary/aromatic N) is 1. The summed E-state index contributed by atoms with van der Waals surface area (Å²) in [7, 11) is 0. The van der Waals surface area contributed by atoms with E-state index in [2.05, 4.69) is 26.2 Å². The number of halogens is 2. The van der Waals surface area contributed by atoms with Crippen molar-refractivity contribution < 1.29 is 19.1 Å². The quantitative estimate of drug-likeness (QED) is 0.886. The Hall–Kier alpha value is -2.28. The molecule has 0 radical (unpaired) electrons. The van der Waals surface area contributed by atoms with Crippen LogP contribution >= 0.6 is 15.9 Å². The molecule has 1 heterocycles. The summed E-state index contributed by atoms with van der Waals surface area (Å²) in [6.45, 7) is 0. The predicted octanol–water partition coefficient (Wildman–Crippen LogP) is 2.86. The maximum absolute atomic E-state index is 13.2. The van der Waals surface area contributed by atoms with E-state index in [1.165, 1.54) is 30.5 Å². The van der Waals surface area contributed by atoms with E-state index in [9.17, 15) is 14.0 Å². The van der Waals surface area contributed by atoms with Crippen LogP contribution in [-0.2, 0) is 11.2 Å². The lowest BCUT2D eigenvalue weighted by atomic mass is 10.2. The second-order valence-corrected chi connectivity index (χ2v) is 5.14. The summed E-state index contributed by atoms with van der Waals surface area (Å²) in [6, 6.07) is 6.90. The zero-order chi connectivity index (χ0) is 15.4. The van der Waals surface area contributed by atoms with E-state index < -0.39 is 17.7 Å². The van der Waals surface area contributed by atoms with Gasteiger partial charge in [0.15, 0.2) is 0 Å². The van der Waals surface area contributed by atoms with Crippen LogP contribution in [0, 0.1) is 5.82 Å². The van der Waals surface area contributed by atoms with Crippen LogP contribution in [0.15, 0.2) is 41.0 Å². The maximum Gasteiger partial charge on any atom is 0.309 e. The summed E-state index contributed by atoms with van der Waals surface area (Å²) in [6.07, 6.45) is 1.16. The van der Waals surface area contributed by atoms with Crippen LogP contribution in [0.3, 0.4) is 0 Å². The highest BCUT2D eigenvalue weighted by atomic mass is 79.9. The highest BCUT2D eigenvalue weighted by Crippen LogP contribution is 2.16. The van der Waals surface area contributed by atoms with Gasteiger partial charge in [-0.1, -0.05) is 15.9 Å². The molecular weight excluding hydrogens is 343 g/mol. The van der Waals surface area contributed by atoms with Gasteiger partial charge in [0, 0.05) is 10.0 Å². The van der Waals surface area contributed by atoms with E-state index >= 15 is 0 Å². The third-order valence-electron chi connectivity index (χ3n) is 2.54. The van der Waals surface area contributed by atoms with Crippen molar-refractivity contribution in [2.45, 2.75) is 6.42 Å². The van der Waals surface area contributed by atoms with Crippen molar-refractivity contribution in [1.29, 1.82) is 0 Å². The number of carbonyl (C=O) groups is 2. The summed E-state index contributed by atoms with van der Waals surface area (Å²) in [5.41, 5.74) is 0.944. The molecule has 108 valence electrons. The standard InChI is InChI=1S/C14H10BrFN2O3/c15-9-3-8(4-10(16)5-9)14(21)18-12-2-1-11(17-7-12)6-13(19)20/h1-5,7H,6H2,(H,18,21)(H,19,20). The number of hydrogen-bond acceptors (Lipinski definition) is 3. The fourth-order valence-electron chi connectivity index (χ4n) is 1.65. The molecule has 2 rings (SSSR count). The van der Waals surface area contributed by atoms with Crippen LogP contribution < -0.4 is 5.32 Å². The monoisotopic (exact) mass is 352 g/mol. The molecule has 0 aliphatic heterocycles. The second kappa shape index (κ2) is 6.45. The first kappa shape index (κ1) is 15.1. The number of aromatic nitrogens is 1. The molecule has 2 aromatic rings. The Balaban J connectivity index is 2.10. The van der Waals surface area contributed by atoms with Gasteiger partial charge in [0.1, 0.15) is 5.82 Å². The van der Waals surface area contributed by atoms with E-state index in [1.54, 1.807) is 0 Å². The maximum atomic E-state index is 13.2. The molecule has 0 aliphatic rings. The number of aliphatic carboxylic acids is 1. The summed E-state index contributed by atoms with van der Waals surface area (Å²) >= 11 is 3.11. The molecule has 1 aromatic heterocycles. The first-order chi connectivity index (χ1) is 9.94. The Kier molecular flexibility index (Phi) is 4.64. The van der Waals surface area contributed by atoms with Gasteiger partial charge >= 0.3 is 5.97 Å². The number of benzene rings is 1. The van der Waals surface area contributed by atoms with E-state index in [4.69, 9.17) is 5.11 Å². The molecule has 5 nitrogen and oxygen atoms in total. The number of hydrogen-bond donors (Lipinski definition) is 2. The molecule has 0 fully saturated rings. The van der Waals surface area contributed by atoms with Crippen molar-refractivity contribution in [2.24, 2.45) is 0 Å². The first-order valence-corrected chi connectivity index (χ1v) is 6.67. The number of amides is 1. The van der Waals surface area contributed by atoms with Crippen molar-refractivity contribution in [3.8, 4) is 0 Å². The van der Waals surface area contributed by atoms with Gasteiger partial charge in [-0.05, 0) is 30.3 Å². The second-order valence-electron chi connectivity index (χ2n) is 4.22. The Morgan fingerprint density at radius 2 is 2.05 bits per heavy atom. The minimum Gasteiger partial charge on any atom is -0.481 e. The SMILES string of the molecule is O=C(O)Cc1ccc(NC(=O)c2cc(F)cc(Br)c2)cn1. The van der Waals surface area contributed by atoms with Gasteiger partial charge in [-0.3, -0.25) is 14.6 Å². The zero-order valence-electron chi connectivity index (χ0n) is 10.6. The number of rotatable bonds is 4. The molecule has 0 spiro atoms. The van der Waals surface area contributed by atoms with Crippen molar-refractivity contribution in [1.82, 2.24) is 4.98 Å². The molecule has 0 saturated heterocycles. The summed E-state index contributed by atoms with van der Waals surface area (Å²) in [5.74, 6) is -1.99. The van der Waals surface area contributed by atoms with Crippen LogP contribution in [-0.4, -0.2) is 22.0 Å². The van der Waals surface area contributed by atoms with Crippen LogP contribution in [0.5, 0.6) is 0 Å². The van der Waals surface area contributed by atoms with E-state index in [-0.39, 0.29) is 12.0 Å². The molecule has 0 bridgehead atoms. The number of carboxylic acids is 1. The molecule has 1 amide bonds. The molecule has 0 saturated carbocycles. The molecule has 2 N–H and O–H groups in total. The minimum absolute atomic E-state index is 0.163. The van der Waals surface area contributed by atoms with Crippen molar-refractivity contribution in [2.75, 3.05) is 5.32 Å². The molecule has 7 heteroatoms. The molecule has 0 unspecified atom stereocenters. The number of carboxylic acid groups (broad SMARTS) is 1. The fraction of sp³-hybridized carbons (Fsp3) is 0.0714. The first-order valence-electron chi connectivity index (χ1n) is 5.88. The fourth-order valence-corrected chi connectivity index (χ4v) is 2.11. The van der Waals surface area contributed by atoms with Gasteiger partial charge in [0.25, 0.3) is 5.91 Å². The van der Waals surface area contributed by atoms with Gasteiger partial charge in [-0.15, -0.1) is 0 Å². The molecule has 0 atom stereocenters. The number of nitrogens with one attached hydrogen (secondary N) is 1. The zero-order valence-corrected chi connectivity index (χ0v) is 12.2. The smallest absolute Gasteiger partial charge is 0.309 e. The topological polar surface area (TPSA) is 79.3 Å². The average Bonchev–Trinajstić information content (AvgIpc) is 2.39. The third-order valence-corrected chi connectivity index (χ3v) is 3.00. The lowest BCUT2D eigenvalue weighted by Crippen LogP contribution is -2.12. The van der Waals surface area contributed by atoms with Gasteiger partial charge in [-0.25, -0.2) is 4.39 Å². The normalized spacial score (nSPS) is 10.2. The number of carbonyl (C=O) groups excluding carboxylic acids is 1. The lowest BCUT2D eigenvalue weighted by molar-refractivity contribution is -0.136. The highest BCUT2D eigenvalue weighted by Gasteiger charge is 2.09. The van der Waals surface area contributed by atoms with Crippen molar-refractivity contribution in [3.63, 3.8) is 0 Å². The van der Waals surface area contributed by atoms with Gasteiger partial charge in [0.05, 0.1) is 24.0 Å². The van der Waals surface area contributed by atoms with Crippen molar-refractivity contribution >= 4 is 33.5 Å². The summed E-state index contributed by atoms with van der Waals surface area (Å²) < 4.78 is 13.7. The molecular formula is C14H10BrFN2O3. The lowest BCUT2D eigenvalue weighted by Gasteiger charge is -2.06. The highest BCUT2D eigenvalue weighted by molar-refractivity contribution is 9.10. The van der Waals surface area contributed by atoms with Crippen LogP contribution in [0.4, 0.5) is 10.1 Å². The summed E-state index contributed by atoms with van der Waals surface area (Å²) in [5, 5.41) is 11.2. The Labute approximate surface area is 128 Å². The van der Waals surface area contributed by atoms with Gasteiger partial charge < -0.3 is 10.4 Å². The van der Waals surface area contributed by atoms with E-state index in [0.29, 0.717) is 15.9 Å². The third kappa shape index (κ3) is 4.35.